The van der Waals surface area contributed by atoms with Gasteiger partial charge in [0.05, 0.1) is 0 Å². The van der Waals surface area contributed by atoms with E-state index in [1.165, 1.54) is 11.3 Å². The average molecular weight is 341 g/mol. The molecular weight excluding hydrogens is 319 g/mol. The topological polar surface area (TPSA) is 40.2 Å². The molecule has 120 valence electrons. The Kier molecular flexibility index (Phi) is 8.02. The third-order valence-electron chi connectivity index (χ3n) is 3.54. The predicted molar refractivity (Wildman–Crippen MR) is 97.6 cm³/mol. The molecule has 0 radical (unpaired) electrons. The first kappa shape index (κ1) is 18.6. The highest BCUT2D eigenvalue weighted by molar-refractivity contribution is 5.85. The summed E-state index contributed by atoms with van der Waals surface area (Å²) < 4.78 is 0. The maximum Gasteiger partial charge on any atom is 0.128 e. The maximum atomic E-state index is 4.40. The second kappa shape index (κ2) is 9.51. The van der Waals surface area contributed by atoms with Crippen LogP contribution in [-0.2, 0) is 6.54 Å². The lowest BCUT2D eigenvalue weighted by Crippen LogP contribution is -2.43. The van der Waals surface area contributed by atoms with Crippen LogP contribution in [0.3, 0.4) is 0 Å². The number of hydrogen-bond acceptors (Lipinski definition) is 4. The number of halogens is 2. The molecule has 1 fully saturated rings. The Morgan fingerprint density at radius 1 is 1.05 bits per heavy atom. The van der Waals surface area contributed by atoms with E-state index in [1.807, 2.05) is 12.3 Å². The van der Waals surface area contributed by atoms with E-state index in [-0.39, 0.29) is 24.8 Å². The smallest absolute Gasteiger partial charge is 0.128 e. The minimum Gasteiger partial charge on any atom is -0.369 e. The van der Waals surface area contributed by atoms with Crippen molar-refractivity contribution < 1.29 is 0 Å². The summed E-state index contributed by atoms with van der Waals surface area (Å²) >= 11 is 0. The van der Waals surface area contributed by atoms with E-state index in [1.54, 1.807) is 0 Å². The number of anilines is 2. The average Bonchev–Trinajstić information content (AvgIpc) is 2.55. The van der Waals surface area contributed by atoms with Crippen molar-refractivity contribution in [3.63, 3.8) is 0 Å². The minimum absolute atomic E-state index is 0. The third-order valence-corrected chi connectivity index (χ3v) is 3.54. The summed E-state index contributed by atoms with van der Waals surface area (Å²) in [7, 11) is 0. The van der Waals surface area contributed by atoms with E-state index < -0.39 is 0 Å². The molecular formula is C16H22Cl2N4. The molecule has 1 aliphatic heterocycles. The molecule has 0 spiro atoms. The van der Waals surface area contributed by atoms with Gasteiger partial charge in [0.15, 0.2) is 0 Å². The van der Waals surface area contributed by atoms with Crippen LogP contribution in [-0.4, -0.2) is 31.2 Å². The van der Waals surface area contributed by atoms with Crippen LogP contribution in [0.25, 0.3) is 0 Å². The van der Waals surface area contributed by atoms with E-state index in [9.17, 15) is 0 Å². The lowest BCUT2D eigenvalue weighted by atomic mass is 10.2. The molecule has 0 unspecified atom stereocenters. The van der Waals surface area contributed by atoms with Gasteiger partial charge in [-0.2, -0.15) is 0 Å². The van der Waals surface area contributed by atoms with Crippen LogP contribution < -0.4 is 15.5 Å². The molecule has 0 amide bonds. The Morgan fingerprint density at radius 3 is 2.50 bits per heavy atom. The number of rotatable bonds is 4. The van der Waals surface area contributed by atoms with Gasteiger partial charge in [0.1, 0.15) is 5.82 Å². The second-order valence-electron chi connectivity index (χ2n) is 4.98. The van der Waals surface area contributed by atoms with Crippen LogP contribution >= 0.6 is 24.8 Å². The highest BCUT2D eigenvalue weighted by Gasteiger charge is 2.10. The van der Waals surface area contributed by atoms with Crippen molar-refractivity contribution >= 4 is 36.3 Å². The molecule has 4 nitrogen and oxygen atoms in total. The summed E-state index contributed by atoms with van der Waals surface area (Å²) in [6.07, 6.45) is 1.88. The first-order valence-electron chi connectivity index (χ1n) is 7.11. The number of pyridine rings is 1. The summed E-state index contributed by atoms with van der Waals surface area (Å²) in [6, 6.07) is 14.6. The monoisotopic (exact) mass is 340 g/mol. The summed E-state index contributed by atoms with van der Waals surface area (Å²) in [5.74, 6) is 0.935. The zero-order valence-corrected chi connectivity index (χ0v) is 14.0. The fourth-order valence-corrected chi connectivity index (χ4v) is 2.42. The number of benzene rings is 1. The van der Waals surface area contributed by atoms with Gasteiger partial charge in [-0.05, 0) is 11.6 Å². The van der Waals surface area contributed by atoms with E-state index in [0.29, 0.717) is 0 Å². The van der Waals surface area contributed by atoms with Gasteiger partial charge in [0.25, 0.3) is 0 Å². The van der Waals surface area contributed by atoms with Crippen molar-refractivity contribution in [1.29, 1.82) is 0 Å². The molecule has 0 saturated carbocycles. The van der Waals surface area contributed by atoms with Crippen molar-refractivity contribution in [1.82, 2.24) is 10.3 Å². The van der Waals surface area contributed by atoms with E-state index in [0.717, 1.165) is 38.5 Å². The van der Waals surface area contributed by atoms with Gasteiger partial charge >= 0.3 is 0 Å². The highest BCUT2D eigenvalue weighted by Crippen LogP contribution is 2.18. The molecule has 1 aliphatic rings. The van der Waals surface area contributed by atoms with Gasteiger partial charge < -0.3 is 15.5 Å². The predicted octanol–water partition coefficient (Wildman–Crippen LogP) is 2.95. The van der Waals surface area contributed by atoms with Crippen LogP contribution in [0.4, 0.5) is 11.5 Å². The molecule has 1 saturated heterocycles. The van der Waals surface area contributed by atoms with Crippen molar-refractivity contribution in [2.75, 3.05) is 36.4 Å². The third kappa shape index (κ3) is 5.05. The standard InChI is InChI=1S/C16H20N4.2ClH/c1-2-4-14(5-3-1)13-19-16-12-15(6-7-18-16)20-10-8-17-9-11-20;;/h1-7,12,17H,8-11,13H2,(H,18,19);2*1H. The maximum absolute atomic E-state index is 4.40. The molecule has 0 atom stereocenters. The Balaban J connectivity index is 0.00000121. The van der Waals surface area contributed by atoms with Crippen LogP contribution in [0.15, 0.2) is 48.7 Å². The molecule has 1 aromatic heterocycles. The van der Waals surface area contributed by atoms with Crippen LogP contribution in [0, 0.1) is 0 Å². The van der Waals surface area contributed by atoms with E-state index in [4.69, 9.17) is 0 Å². The quantitative estimate of drug-likeness (QED) is 0.897. The molecule has 2 heterocycles. The SMILES string of the molecule is Cl.Cl.c1ccc(CNc2cc(N3CCNCC3)ccn2)cc1. The summed E-state index contributed by atoms with van der Waals surface area (Å²) in [4.78, 5) is 6.79. The number of nitrogens with zero attached hydrogens (tertiary/aromatic N) is 2. The highest BCUT2D eigenvalue weighted by atomic mass is 35.5. The van der Waals surface area contributed by atoms with Gasteiger partial charge in [-0.15, -0.1) is 24.8 Å². The zero-order chi connectivity index (χ0) is 13.6. The minimum atomic E-state index is 0. The van der Waals surface area contributed by atoms with Gasteiger partial charge in [-0.25, -0.2) is 4.98 Å². The van der Waals surface area contributed by atoms with Crippen molar-refractivity contribution in [2.45, 2.75) is 6.54 Å². The number of piperazine rings is 1. The number of nitrogens with one attached hydrogen (secondary N) is 2. The molecule has 0 aliphatic carbocycles. The van der Waals surface area contributed by atoms with E-state index >= 15 is 0 Å². The molecule has 22 heavy (non-hydrogen) atoms. The normalized spacial score (nSPS) is 13.7. The van der Waals surface area contributed by atoms with Gasteiger partial charge in [-0.3, -0.25) is 0 Å². The number of hydrogen-bond donors (Lipinski definition) is 2. The molecule has 2 N–H and O–H groups in total. The van der Waals surface area contributed by atoms with Crippen LogP contribution in [0.2, 0.25) is 0 Å². The second-order valence-corrected chi connectivity index (χ2v) is 4.98. The van der Waals surface area contributed by atoms with Crippen LogP contribution in [0.1, 0.15) is 5.56 Å². The van der Waals surface area contributed by atoms with E-state index in [2.05, 4.69) is 56.9 Å². The lowest BCUT2D eigenvalue weighted by molar-refractivity contribution is 0.589. The molecule has 2 aromatic rings. The van der Waals surface area contributed by atoms with Gasteiger partial charge in [0.2, 0.25) is 0 Å². The fourth-order valence-electron chi connectivity index (χ4n) is 2.42. The zero-order valence-electron chi connectivity index (χ0n) is 12.4. The number of aromatic nitrogens is 1. The lowest BCUT2D eigenvalue weighted by Gasteiger charge is -2.29. The van der Waals surface area contributed by atoms with Crippen molar-refractivity contribution in [2.24, 2.45) is 0 Å². The van der Waals surface area contributed by atoms with Crippen molar-refractivity contribution in [3.8, 4) is 0 Å². The largest absolute Gasteiger partial charge is 0.369 e. The van der Waals surface area contributed by atoms with Crippen LogP contribution in [0.5, 0.6) is 0 Å². The first-order valence-corrected chi connectivity index (χ1v) is 7.11. The molecule has 0 bridgehead atoms. The fraction of sp³-hybridized carbons (Fsp3) is 0.312. The Hall–Kier alpha value is -1.49. The summed E-state index contributed by atoms with van der Waals surface area (Å²) in [5, 5.41) is 6.76. The van der Waals surface area contributed by atoms with Gasteiger partial charge in [0, 0.05) is 50.7 Å². The molecule has 1 aromatic carbocycles. The Morgan fingerprint density at radius 2 is 1.77 bits per heavy atom. The van der Waals surface area contributed by atoms with Crippen molar-refractivity contribution in [3.05, 3.63) is 54.2 Å². The first-order chi connectivity index (χ1) is 9.92. The summed E-state index contributed by atoms with van der Waals surface area (Å²) in [5.41, 5.74) is 2.51. The summed E-state index contributed by atoms with van der Waals surface area (Å²) in [6.45, 7) is 5.02. The Labute approximate surface area is 144 Å². The molecule has 6 heteroatoms. The molecule has 3 rings (SSSR count). The Bertz CT molecular complexity index is 545. The van der Waals surface area contributed by atoms with Gasteiger partial charge in [-0.1, -0.05) is 30.3 Å².